The SMILES string of the molecule is CC[C@H](C)[C@H](NC(=O)[C@H](C)NC(=O)CNC(=O)[C@H](CC(C)C)NC(=O)[C@H](CC(C)C)NC(=O)[C@@H](N)CC(C)C)C(=O)N[C@@H](C)C(=O)NCC(=O)N[C@@H](Cc1ccccc1)C(=O)N[C@H](C(=O)N[C@@H](CCC(=O)O)C(=O)O)[C@@H](C)CC. The van der Waals surface area contributed by atoms with E-state index in [0.717, 1.165) is 0 Å². The Kier molecular flexibility index (Phi) is 31.3. The highest BCUT2D eigenvalue weighted by molar-refractivity contribution is 5.98. The number of benzene rings is 1. The van der Waals surface area contributed by atoms with Crippen LogP contribution in [0.5, 0.6) is 0 Å². The first-order valence-corrected chi connectivity index (χ1v) is 27.1. The molecule has 10 amide bonds. The zero-order chi connectivity index (χ0) is 60.3. The summed E-state index contributed by atoms with van der Waals surface area (Å²) in [4.78, 5) is 157. The van der Waals surface area contributed by atoms with Crippen LogP contribution in [0.25, 0.3) is 0 Å². The Balaban J connectivity index is 3.02. The summed E-state index contributed by atoms with van der Waals surface area (Å²) in [5.41, 5.74) is 6.68. The van der Waals surface area contributed by atoms with Crippen molar-refractivity contribution in [1.29, 1.82) is 0 Å². The Hall–Kier alpha value is -7.18. The summed E-state index contributed by atoms with van der Waals surface area (Å²) in [5.74, 6) is -11.1. The van der Waals surface area contributed by atoms with E-state index in [2.05, 4.69) is 53.2 Å². The number of carbonyl (C=O) groups excluding carboxylic acids is 10. The maximum Gasteiger partial charge on any atom is 0.326 e. The molecule has 1 aromatic carbocycles. The van der Waals surface area contributed by atoms with Crippen LogP contribution in [0.15, 0.2) is 30.3 Å². The third-order valence-corrected chi connectivity index (χ3v) is 12.9. The molecule has 25 heteroatoms. The smallest absolute Gasteiger partial charge is 0.326 e. The maximum atomic E-state index is 13.8. The highest BCUT2D eigenvalue weighted by Crippen LogP contribution is 2.14. The Morgan fingerprint density at radius 3 is 1.38 bits per heavy atom. The second kappa shape index (κ2) is 35.4. The molecular formula is C54H89N11O14. The minimum Gasteiger partial charge on any atom is -0.481 e. The van der Waals surface area contributed by atoms with Crippen molar-refractivity contribution in [3.8, 4) is 0 Å². The predicted octanol–water partition coefficient (Wildman–Crippen LogP) is -0.113. The van der Waals surface area contributed by atoms with Crippen LogP contribution in [0.4, 0.5) is 0 Å². The van der Waals surface area contributed by atoms with E-state index in [1.54, 1.807) is 58.0 Å². The van der Waals surface area contributed by atoms with Crippen LogP contribution in [0.3, 0.4) is 0 Å². The molecule has 1 aromatic rings. The van der Waals surface area contributed by atoms with Crippen LogP contribution in [-0.4, -0.2) is 149 Å². The van der Waals surface area contributed by atoms with Gasteiger partial charge in [-0.3, -0.25) is 52.7 Å². The predicted molar refractivity (Wildman–Crippen MR) is 293 cm³/mol. The molecule has 0 spiro atoms. The van der Waals surface area contributed by atoms with Crippen molar-refractivity contribution in [2.45, 2.75) is 189 Å². The summed E-state index contributed by atoms with van der Waals surface area (Å²) in [6.07, 6.45) is 0.620. The lowest BCUT2D eigenvalue weighted by Crippen LogP contribution is -2.59. The number of nitrogens with two attached hydrogens (primary N) is 1. The van der Waals surface area contributed by atoms with Crippen molar-refractivity contribution in [1.82, 2.24) is 53.2 Å². The van der Waals surface area contributed by atoms with Gasteiger partial charge in [-0.2, -0.15) is 0 Å². The fraction of sp³-hybridized carbons (Fsp3) is 0.667. The average Bonchev–Trinajstić information content (AvgIpc) is 3.37. The number of carboxylic acid groups (broad SMARTS) is 2. The standard InChI is InChI=1S/C54H89N11O14/c1-13-31(9)44(64-47(71)34(12)58-41(66)26-57-49(73)38(23-29(5)6)63-50(74)39(24-30(7)8)62-48(72)36(55)22-28(3)4)52(76)59-33(11)46(70)56-27-42(67)60-40(25-35-18-16-15-17-19-35)51(75)65-45(32(10)14-2)53(77)61-37(54(78)79)20-21-43(68)69/h15-19,28-34,36-40,44-45H,13-14,20-27,55H2,1-12H3,(H,56,70)(H,57,73)(H,58,66)(H,59,76)(H,60,67)(H,61,77)(H,62,72)(H,63,74)(H,64,71)(H,65,75)(H,68,69)(H,78,79)/t31-,32-,33-,34-,36-,37-,38-,39-,40-,44-,45-/m0/s1. The highest BCUT2D eigenvalue weighted by Gasteiger charge is 2.35. The topological polar surface area (TPSA) is 392 Å². The summed E-state index contributed by atoms with van der Waals surface area (Å²) in [5, 5.41) is 44.1. The van der Waals surface area contributed by atoms with Crippen LogP contribution in [-0.2, 0) is 64.0 Å². The molecule has 0 aromatic heterocycles. The first-order valence-electron chi connectivity index (χ1n) is 27.1. The van der Waals surface area contributed by atoms with Crippen LogP contribution in [0, 0.1) is 29.6 Å². The molecule has 25 nitrogen and oxygen atoms in total. The number of amides is 10. The number of aliphatic carboxylic acids is 2. The summed E-state index contributed by atoms with van der Waals surface area (Å²) < 4.78 is 0. The summed E-state index contributed by atoms with van der Waals surface area (Å²) >= 11 is 0. The molecule has 79 heavy (non-hydrogen) atoms. The number of carboxylic acids is 2. The molecule has 0 aliphatic carbocycles. The molecule has 0 aliphatic rings. The quantitative estimate of drug-likeness (QED) is 0.0417. The first kappa shape index (κ1) is 69.8. The number of carbonyl (C=O) groups is 12. The van der Waals surface area contributed by atoms with Crippen molar-refractivity contribution in [2.24, 2.45) is 35.3 Å². The minimum atomic E-state index is -1.56. The molecule has 0 unspecified atom stereocenters. The molecule has 0 saturated heterocycles. The van der Waals surface area contributed by atoms with E-state index in [1.165, 1.54) is 13.8 Å². The molecule has 0 bridgehead atoms. The van der Waals surface area contributed by atoms with Crippen molar-refractivity contribution in [3.63, 3.8) is 0 Å². The second-order valence-electron chi connectivity index (χ2n) is 21.5. The van der Waals surface area contributed by atoms with Crippen LogP contribution >= 0.6 is 0 Å². The van der Waals surface area contributed by atoms with Crippen LogP contribution in [0.2, 0.25) is 0 Å². The van der Waals surface area contributed by atoms with Gasteiger partial charge in [-0.1, -0.05) is 112 Å². The summed E-state index contributed by atoms with van der Waals surface area (Å²) in [6.45, 7) is 19.6. The van der Waals surface area contributed by atoms with Gasteiger partial charge in [-0.15, -0.1) is 0 Å². The van der Waals surface area contributed by atoms with Gasteiger partial charge in [0, 0.05) is 12.8 Å². The lowest BCUT2D eigenvalue weighted by molar-refractivity contribution is -0.144. The number of hydrogen-bond acceptors (Lipinski definition) is 13. The lowest BCUT2D eigenvalue weighted by atomic mass is 9.96. The van der Waals surface area contributed by atoms with Gasteiger partial charge in [0.05, 0.1) is 19.1 Å². The zero-order valence-electron chi connectivity index (χ0n) is 47.9. The van der Waals surface area contributed by atoms with Gasteiger partial charge in [0.2, 0.25) is 59.1 Å². The average molecular weight is 1120 g/mol. The highest BCUT2D eigenvalue weighted by atomic mass is 16.4. The van der Waals surface area contributed by atoms with E-state index >= 15 is 0 Å². The Morgan fingerprint density at radius 1 is 0.456 bits per heavy atom. The number of rotatable bonds is 36. The third-order valence-electron chi connectivity index (χ3n) is 12.9. The molecular weight excluding hydrogens is 1030 g/mol. The molecule has 11 atom stereocenters. The fourth-order valence-corrected chi connectivity index (χ4v) is 7.94. The van der Waals surface area contributed by atoms with E-state index in [4.69, 9.17) is 10.8 Å². The molecule has 0 fully saturated rings. The number of nitrogens with one attached hydrogen (secondary N) is 10. The summed E-state index contributed by atoms with van der Waals surface area (Å²) in [6, 6.07) is -2.18. The van der Waals surface area contributed by atoms with Gasteiger partial charge < -0.3 is 69.1 Å². The maximum absolute atomic E-state index is 13.8. The third kappa shape index (κ3) is 26.8. The van der Waals surface area contributed by atoms with E-state index in [9.17, 15) is 62.6 Å². The minimum absolute atomic E-state index is 0.000393. The monoisotopic (exact) mass is 1120 g/mol. The van der Waals surface area contributed by atoms with Gasteiger partial charge in [0.15, 0.2) is 0 Å². The van der Waals surface area contributed by atoms with Gasteiger partial charge in [-0.25, -0.2) is 4.79 Å². The van der Waals surface area contributed by atoms with Crippen molar-refractivity contribution < 1.29 is 67.7 Å². The Labute approximate surface area is 463 Å². The van der Waals surface area contributed by atoms with Crippen molar-refractivity contribution in [2.75, 3.05) is 13.1 Å². The van der Waals surface area contributed by atoms with Gasteiger partial charge in [0.25, 0.3) is 0 Å². The van der Waals surface area contributed by atoms with E-state index in [1.807, 2.05) is 41.5 Å². The fourth-order valence-electron chi connectivity index (χ4n) is 7.94. The number of hydrogen-bond donors (Lipinski definition) is 13. The van der Waals surface area contributed by atoms with Crippen molar-refractivity contribution in [3.05, 3.63) is 35.9 Å². The largest absolute Gasteiger partial charge is 0.481 e. The lowest BCUT2D eigenvalue weighted by Gasteiger charge is -2.28. The molecule has 444 valence electrons. The Bertz CT molecular complexity index is 2230. The molecule has 0 aliphatic heterocycles. The van der Waals surface area contributed by atoms with Crippen molar-refractivity contribution >= 4 is 71.0 Å². The molecule has 0 saturated carbocycles. The van der Waals surface area contributed by atoms with E-state index < -0.39 is 163 Å². The van der Waals surface area contributed by atoms with Crippen LogP contribution in [0.1, 0.15) is 134 Å². The van der Waals surface area contributed by atoms with Crippen LogP contribution < -0.4 is 58.9 Å². The first-order chi connectivity index (χ1) is 36.9. The molecule has 14 N–H and O–H groups in total. The van der Waals surface area contributed by atoms with Gasteiger partial charge >= 0.3 is 11.9 Å². The van der Waals surface area contributed by atoms with Gasteiger partial charge in [-0.05, 0) is 74.7 Å². The molecule has 0 radical (unpaired) electrons. The zero-order valence-corrected chi connectivity index (χ0v) is 47.9. The van der Waals surface area contributed by atoms with E-state index in [0.29, 0.717) is 24.8 Å². The normalized spacial score (nSPS) is 15.4. The van der Waals surface area contributed by atoms with E-state index in [-0.39, 0.29) is 37.0 Å². The second-order valence-corrected chi connectivity index (χ2v) is 21.5. The Morgan fingerprint density at radius 2 is 0.886 bits per heavy atom. The molecule has 1 rings (SSSR count). The summed E-state index contributed by atoms with van der Waals surface area (Å²) in [7, 11) is 0. The van der Waals surface area contributed by atoms with Gasteiger partial charge in [0.1, 0.15) is 48.3 Å². The molecule has 0 heterocycles.